The van der Waals surface area contributed by atoms with Crippen molar-refractivity contribution in [3.63, 3.8) is 0 Å². The molecule has 16 heavy (non-hydrogen) atoms. The number of rotatable bonds is 2. The second kappa shape index (κ2) is 4.44. The van der Waals surface area contributed by atoms with Crippen LogP contribution in [-0.4, -0.2) is 11.0 Å². The molecule has 0 bridgehead atoms. The maximum Gasteiger partial charge on any atom is 0.0635 e. The molecule has 0 saturated heterocycles. The summed E-state index contributed by atoms with van der Waals surface area (Å²) in [4.78, 5) is 4.57. The Bertz CT molecular complexity index is 369. The molecule has 1 aromatic rings. The minimum absolute atomic E-state index is 0.555. The van der Waals surface area contributed by atoms with E-state index in [0.717, 1.165) is 6.42 Å². The highest BCUT2D eigenvalue weighted by Crippen LogP contribution is 2.28. The van der Waals surface area contributed by atoms with Crippen molar-refractivity contribution in [1.82, 2.24) is 4.98 Å². The third-order valence-corrected chi connectivity index (χ3v) is 3.50. The van der Waals surface area contributed by atoms with Gasteiger partial charge in [0.2, 0.25) is 0 Å². The van der Waals surface area contributed by atoms with Gasteiger partial charge in [-0.3, -0.25) is 4.98 Å². The molecule has 2 heterocycles. The Labute approximate surface area is 98.5 Å². The quantitative estimate of drug-likeness (QED) is 0.820. The minimum atomic E-state index is 0.555. The fourth-order valence-electron chi connectivity index (χ4n) is 2.21. The molecule has 1 atom stereocenters. The van der Waals surface area contributed by atoms with Gasteiger partial charge in [0.25, 0.3) is 0 Å². The van der Waals surface area contributed by atoms with Crippen molar-refractivity contribution < 1.29 is 0 Å². The molecule has 2 rings (SSSR count). The summed E-state index contributed by atoms with van der Waals surface area (Å²) < 4.78 is 0. The van der Waals surface area contributed by atoms with E-state index in [2.05, 4.69) is 44.1 Å². The van der Waals surface area contributed by atoms with Gasteiger partial charge in [0.1, 0.15) is 0 Å². The van der Waals surface area contributed by atoms with Crippen LogP contribution in [-0.2, 0) is 6.42 Å². The number of aryl methyl sites for hydroxylation is 1. The van der Waals surface area contributed by atoms with Gasteiger partial charge in [-0.1, -0.05) is 27.7 Å². The first-order valence-electron chi connectivity index (χ1n) is 6.33. The molecule has 0 aromatic carbocycles. The first-order valence-corrected chi connectivity index (χ1v) is 6.33. The van der Waals surface area contributed by atoms with Crippen molar-refractivity contribution >= 4 is 5.69 Å². The highest BCUT2D eigenvalue weighted by atomic mass is 15.0. The molecule has 1 aliphatic heterocycles. The Balaban J connectivity index is 2.25. The lowest BCUT2D eigenvalue weighted by molar-refractivity contribution is 0.479. The Morgan fingerprint density at radius 3 is 2.69 bits per heavy atom. The molecule has 2 nitrogen and oxygen atoms in total. The smallest absolute Gasteiger partial charge is 0.0635 e. The molecule has 0 spiro atoms. The molecular formula is C14H22N2. The molecule has 1 unspecified atom stereocenters. The zero-order chi connectivity index (χ0) is 11.7. The Morgan fingerprint density at radius 2 is 2.06 bits per heavy atom. The number of aromatic nitrogens is 1. The van der Waals surface area contributed by atoms with Crippen LogP contribution < -0.4 is 5.32 Å². The largest absolute Gasteiger partial charge is 0.381 e. The Morgan fingerprint density at radius 1 is 1.31 bits per heavy atom. The predicted octanol–water partition coefficient (Wildman–Crippen LogP) is 3.59. The van der Waals surface area contributed by atoms with Gasteiger partial charge < -0.3 is 5.32 Å². The third-order valence-electron chi connectivity index (χ3n) is 3.50. The zero-order valence-corrected chi connectivity index (χ0v) is 10.7. The van der Waals surface area contributed by atoms with E-state index in [0.29, 0.717) is 17.9 Å². The maximum absolute atomic E-state index is 4.57. The topological polar surface area (TPSA) is 24.9 Å². The standard InChI is InChI=1S/C14H22N2/c1-9(2)11-7-14-13(15-8-11)6-5-12(16-14)10(3)4/h7-10,12,16H,5-6H2,1-4H3. The van der Waals surface area contributed by atoms with Gasteiger partial charge in [-0.05, 0) is 36.3 Å². The average Bonchev–Trinajstić information content (AvgIpc) is 2.27. The Hall–Kier alpha value is -1.05. The van der Waals surface area contributed by atoms with Gasteiger partial charge >= 0.3 is 0 Å². The summed E-state index contributed by atoms with van der Waals surface area (Å²) in [5.41, 5.74) is 3.83. The average molecular weight is 218 g/mol. The van der Waals surface area contributed by atoms with Crippen molar-refractivity contribution in [2.24, 2.45) is 5.92 Å². The monoisotopic (exact) mass is 218 g/mol. The van der Waals surface area contributed by atoms with Crippen LogP contribution in [0.3, 0.4) is 0 Å². The number of hydrogen-bond acceptors (Lipinski definition) is 2. The normalized spacial score (nSPS) is 19.8. The molecular weight excluding hydrogens is 196 g/mol. The van der Waals surface area contributed by atoms with E-state index in [9.17, 15) is 0 Å². The fraction of sp³-hybridized carbons (Fsp3) is 0.643. The van der Waals surface area contributed by atoms with E-state index in [1.807, 2.05) is 6.20 Å². The molecule has 0 saturated carbocycles. The molecule has 1 aromatic heterocycles. The third kappa shape index (κ3) is 2.21. The summed E-state index contributed by atoms with van der Waals surface area (Å²) >= 11 is 0. The van der Waals surface area contributed by atoms with Gasteiger partial charge in [0.15, 0.2) is 0 Å². The summed E-state index contributed by atoms with van der Waals surface area (Å²) in [5, 5.41) is 3.63. The number of anilines is 1. The first-order chi connectivity index (χ1) is 7.58. The molecule has 0 radical (unpaired) electrons. The highest BCUT2D eigenvalue weighted by molar-refractivity contribution is 5.52. The lowest BCUT2D eigenvalue weighted by Gasteiger charge is -2.29. The van der Waals surface area contributed by atoms with E-state index >= 15 is 0 Å². The van der Waals surface area contributed by atoms with E-state index in [-0.39, 0.29) is 0 Å². The molecule has 0 aliphatic carbocycles. The zero-order valence-electron chi connectivity index (χ0n) is 10.7. The van der Waals surface area contributed by atoms with Crippen LogP contribution in [0, 0.1) is 5.92 Å². The van der Waals surface area contributed by atoms with E-state index in [1.165, 1.54) is 23.4 Å². The second-order valence-corrected chi connectivity index (χ2v) is 5.45. The number of pyridine rings is 1. The predicted molar refractivity (Wildman–Crippen MR) is 68.9 cm³/mol. The second-order valence-electron chi connectivity index (χ2n) is 5.45. The highest BCUT2D eigenvalue weighted by Gasteiger charge is 2.21. The van der Waals surface area contributed by atoms with E-state index in [1.54, 1.807) is 0 Å². The van der Waals surface area contributed by atoms with Crippen LogP contribution >= 0.6 is 0 Å². The summed E-state index contributed by atoms with van der Waals surface area (Å²) in [6.07, 6.45) is 4.35. The van der Waals surface area contributed by atoms with Crippen molar-refractivity contribution in [2.45, 2.75) is 52.5 Å². The van der Waals surface area contributed by atoms with Gasteiger partial charge in [-0.2, -0.15) is 0 Å². The van der Waals surface area contributed by atoms with Crippen LogP contribution in [0.2, 0.25) is 0 Å². The summed E-state index contributed by atoms with van der Waals surface area (Å²) in [5.74, 6) is 1.25. The number of fused-ring (bicyclic) bond motifs is 1. The van der Waals surface area contributed by atoms with Gasteiger partial charge in [0.05, 0.1) is 11.4 Å². The number of nitrogens with zero attached hydrogens (tertiary/aromatic N) is 1. The molecule has 2 heteroatoms. The van der Waals surface area contributed by atoms with Gasteiger partial charge in [0, 0.05) is 12.2 Å². The van der Waals surface area contributed by atoms with Crippen LogP contribution in [0.25, 0.3) is 0 Å². The summed E-state index contributed by atoms with van der Waals surface area (Å²) in [6.45, 7) is 8.99. The lowest BCUT2D eigenvalue weighted by Crippen LogP contribution is -2.30. The molecule has 88 valence electrons. The van der Waals surface area contributed by atoms with Crippen molar-refractivity contribution in [2.75, 3.05) is 5.32 Å². The van der Waals surface area contributed by atoms with E-state index < -0.39 is 0 Å². The maximum atomic E-state index is 4.57. The fourth-order valence-corrected chi connectivity index (χ4v) is 2.21. The molecule has 1 aliphatic rings. The van der Waals surface area contributed by atoms with Gasteiger partial charge in [-0.25, -0.2) is 0 Å². The van der Waals surface area contributed by atoms with Crippen LogP contribution in [0.15, 0.2) is 12.3 Å². The van der Waals surface area contributed by atoms with Crippen molar-refractivity contribution in [3.8, 4) is 0 Å². The molecule has 0 amide bonds. The summed E-state index contributed by atoms with van der Waals surface area (Å²) in [7, 11) is 0. The molecule has 1 N–H and O–H groups in total. The Kier molecular flexibility index (Phi) is 3.17. The number of nitrogens with one attached hydrogen (secondary N) is 1. The first kappa shape index (κ1) is 11.4. The van der Waals surface area contributed by atoms with Gasteiger partial charge in [-0.15, -0.1) is 0 Å². The summed E-state index contributed by atoms with van der Waals surface area (Å²) in [6, 6.07) is 2.89. The van der Waals surface area contributed by atoms with Crippen molar-refractivity contribution in [1.29, 1.82) is 0 Å². The minimum Gasteiger partial charge on any atom is -0.381 e. The van der Waals surface area contributed by atoms with Crippen LogP contribution in [0.4, 0.5) is 5.69 Å². The lowest BCUT2D eigenvalue weighted by atomic mass is 9.93. The molecule has 0 fully saturated rings. The van der Waals surface area contributed by atoms with Crippen LogP contribution in [0.5, 0.6) is 0 Å². The van der Waals surface area contributed by atoms with Crippen molar-refractivity contribution in [3.05, 3.63) is 23.5 Å². The number of hydrogen-bond donors (Lipinski definition) is 1. The SMILES string of the molecule is CC(C)c1cnc2c(c1)NC(C(C)C)CC2. The van der Waals surface area contributed by atoms with E-state index in [4.69, 9.17) is 0 Å². The van der Waals surface area contributed by atoms with Crippen LogP contribution in [0.1, 0.15) is 51.3 Å².